The van der Waals surface area contributed by atoms with Crippen LogP contribution in [0.1, 0.15) is 6.42 Å². The molecule has 23 heavy (non-hydrogen) atoms. The Morgan fingerprint density at radius 3 is 2.65 bits per heavy atom. The second-order valence-corrected chi connectivity index (χ2v) is 7.57. The number of carbonyl (C=O) groups excluding carboxylic acids is 1. The molecule has 9 heteroatoms. The summed E-state index contributed by atoms with van der Waals surface area (Å²) in [6.07, 6.45) is 2.31. The maximum absolute atomic E-state index is 12.5. The fraction of sp³-hybridized carbons (Fsp3) is 0.500. The van der Waals surface area contributed by atoms with Crippen molar-refractivity contribution in [3.8, 4) is 11.5 Å². The van der Waals surface area contributed by atoms with E-state index in [-0.39, 0.29) is 10.8 Å². The maximum atomic E-state index is 12.5. The summed E-state index contributed by atoms with van der Waals surface area (Å²) in [5.41, 5.74) is 0. The lowest BCUT2D eigenvalue weighted by Gasteiger charge is -2.20. The first-order valence-corrected chi connectivity index (χ1v) is 9.98. The van der Waals surface area contributed by atoms with Gasteiger partial charge in [-0.15, -0.1) is 0 Å². The monoisotopic (exact) mass is 360 g/mol. The number of nitrogens with one attached hydrogen (secondary N) is 2. The lowest BCUT2D eigenvalue weighted by Crippen LogP contribution is -2.45. The van der Waals surface area contributed by atoms with Crippen LogP contribution in [0.25, 0.3) is 0 Å². The molecule has 0 saturated heterocycles. The Labute approximate surface area is 140 Å². The summed E-state index contributed by atoms with van der Waals surface area (Å²) in [5, 5.41) is 2.48. The number of hydrogen-bond donors (Lipinski definition) is 2. The minimum absolute atomic E-state index is 0.0415. The van der Waals surface area contributed by atoms with E-state index in [9.17, 15) is 13.2 Å². The molecule has 0 radical (unpaired) electrons. The number of carbonyl (C=O) groups is 1. The molecule has 0 fully saturated rings. The predicted octanol–water partition coefficient (Wildman–Crippen LogP) is 0.604. The summed E-state index contributed by atoms with van der Waals surface area (Å²) >= 11 is 1.55. The molecule has 1 amide bonds. The van der Waals surface area contributed by atoms with Gasteiger partial charge in [0.1, 0.15) is 19.3 Å². The molecule has 128 valence electrons. The van der Waals surface area contributed by atoms with Gasteiger partial charge in [0.2, 0.25) is 15.9 Å². The van der Waals surface area contributed by atoms with Crippen molar-refractivity contribution in [2.75, 3.05) is 32.3 Å². The highest BCUT2D eigenvalue weighted by atomic mass is 32.2. The molecule has 2 N–H and O–H groups in total. The summed E-state index contributed by atoms with van der Waals surface area (Å²) in [5.74, 6) is 1.21. The normalized spacial score (nSPS) is 15.0. The lowest BCUT2D eigenvalue weighted by atomic mass is 10.2. The second-order valence-electron chi connectivity index (χ2n) is 4.88. The number of thioether (sulfide) groups is 1. The van der Waals surface area contributed by atoms with Crippen LogP contribution in [-0.2, 0) is 14.8 Å². The molecule has 1 aromatic carbocycles. The summed E-state index contributed by atoms with van der Waals surface area (Å²) in [6.45, 7) is 0.809. The van der Waals surface area contributed by atoms with Gasteiger partial charge >= 0.3 is 0 Å². The van der Waals surface area contributed by atoms with E-state index in [0.717, 1.165) is 0 Å². The molecule has 1 unspecified atom stereocenters. The van der Waals surface area contributed by atoms with E-state index in [0.29, 0.717) is 36.9 Å². The predicted molar refractivity (Wildman–Crippen MR) is 88.6 cm³/mol. The van der Waals surface area contributed by atoms with E-state index >= 15 is 0 Å². The molecule has 0 bridgehead atoms. The van der Waals surface area contributed by atoms with Gasteiger partial charge in [-0.1, -0.05) is 0 Å². The van der Waals surface area contributed by atoms with Gasteiger partial charge in [0.25, 0.3) is 0 Å². The zero-order chi connectivity index (χ0) is 16.9. The molecule has 1 aromatic rings. The highest BCUT2D eigenvalue weighted by molar-refractivity contribution is 7.98. The van der Waals surface area contributed by atoms with Crippen molar-refractivity contribution in [3.63, 3.8) is 0 Å². The quantitative estimate of drug-likeness (QED) is 0.740. The van der Waals surface area contributed by atoms with Gasteiger partial charge in [-0.3, -0.25) is 4.79 Å². The molecule has 1 heterocycles. The van der Waals surface area contributed by atoms with Gasteiger partial charge in [-0.25, -0.2) is 8.42 Å². The number of hydrogen-bond acceptors (Lipinski definition) is 6. The number of benzene rings is 1. The Bertz CT molecular complexity index is 663. The summed E-state index contributed by atoms with van der Waals surface area (Å²) in [6, 6.07) is 3.59. The van der Waals surface area contributed by atoms with Crippen LogP contribution in [-0.4, -0.2) is 52.6 Å². The molecule has 2 rings (SSSR count). The first kappa shape index (κ1) is 17.9. The van der Waals surface area contributed by atoms with Crippen LogP contribution in [0.15, 0.2) is 23.1 Å². The first-order chi connectivity index (χ1) is 11.0. The van der Waals surface area contributed by atoms with Crippen molar-refractivity contribution in [2.45, 2.75) is 17.4 Å². The standard InChI is InChI=1S/C14H20N2O5S2/c1-15-14(17)11(5-8-22-2)16-23(18,19)10-3-4-12-13(9-10)21-7-6-20-12/h3-4,9,11,16H,5-8H2,1-2H3,(H,15,17). The molecule has 1 atom stereocenters. The Hall–Kier alpha value is -1.45. The Kier molecular flexibility index (Phi) is 6.14. The number of likely N-dealkylation sites (N-methyl/N-ethyl adjacent to an activating group) is 1. The van der Waals surface area contributed by atoms with Crippen LogP contribution < -0.4 is 19.5 Å². The van der Waals surface area contributed by atoms with Gasteiger partial charge in [-0.05, 0) is 30.6 Å². The second kappa shape index (κ2) is 7.89. The molecular weight excluding hydrogens is 340 g/mol. The van der Waals surface area contributed by atoms with Crippen LogP contribution in [0, 0.1) is 0 Å². The molecule has 0 saturated carbocycles. The molecule has 0 spiro atoms. The van der Waals surface area contributed by atoms with Crippen LogP contribution in [0.2, 0.25) is 0 Å². The number of ether oxygens (including phenoxy) is 2. The Morgan fingerprint density at radius 2 is 2.00 bits per heavy atom. The van der Waals surface area contributed by atoms with Gasteiger partial charge in [0, 0.05) is 13.1 Å². The molecule has 1 aliphatic heterocycles. The highest BCUT2D eigenvalue weighted by Crippen LogP contribution is 2.32. The van der Waals surface area contributed by atoms with Gasteiger partial charge in [0.05, 0.1) is 4.90 Å². The fourth-order valence-corrected chi connectivity index (χ4v) is 3.82. The Morgan fingerprint density at radius 1 is 1.30 bits per heavy atom. The number of sulfonamides is 1. The maximum Gasteiger partial charge on any atom is 0.241 e. The average molecular weight is 360 g/mol. The van der Waals surface area contributed by atoms with E-state index in [4.69, 9.17) is 9.47 Å². The number of rotatable bonds is 7. The third-order valence-corrected chi connectivity index (χ3v) is 5.41. The third-order valence-electron chi connectivity index (χ3n) is 3.29. The molecular formula is C14H20N2O5S2. The zero-order valence-electron chi connectivity index (χ0n) is 13.0. The van der Waals surface area contributed by atoms with Crippen LogP contribution in [0.3, 0.4) is 0 Å². The number of fused-ring (bicyclic) bond motifs is 1. The summed E-state index contributed by atoms with van der Waals surface area (Å²) in [7, 11) is -2.36. The molecule has 0 aliphatic carbocycles. The van der Waals surface area contributed by atoms with Crippen molar-refractivity contribution in [3.05, 3.63) is 18.2 Å². The van der Waals surface area contributed by atoms with E-state index in [1.54, 1.807) is 17.8 Å². The topological polar surface area (TPSA) is 93.7 Å². The largest absolute Gasteiger partial charge is 0.486 e. The van der Waals surface area contributed by atoms with E-state index in [1.807, 2.05) is 6.26 Å². The van der Waals surface area contributed by atoms with Gasteiger partial charge in [0.15, 0.2) is 11.5 Å². The van der Waals surface area contributed by atoms with Crippen molar-refractivity contribution >= 4 is 27.7 Å². The molecule has 0 aromatic heterocycles. The SMILES string of the molecule is CNC(=O)C(CCSC)NS(=O)(=O)c1ccc2c(c1)OCCO2. The van der Waals surface area contributed by atoms with Gasteiger partial charge < -0.3 is 14.8 Å². The van der Waals surface area contributed by atoms with Crippen LogP contribution in [0.5, 0.6) is 11.5 Å². The van der Waals surface area contributed by atoms with Gasteiger partial charge in [-0.2, -0.15) is 16.5 Å². The van der Waals surface area contributed by atoms with E-state index < -0.39 is 16.1 Å². The average Bonchev–Trinajstić information content (AvgIpc) is 2.57. The first-order valence-electron chi connectivity index (χ1n) is 7.10. The van der Waals surface area contributed by atoms with Crippen molar-refractivity contribution < 1.29 is 22.7 Å². The third kappa shape index (κ3) is 4.52. The minimum Gasteiger partial charge on any atom is -0.486 e. The van der Waals surface area contributed by atoms with E-state index in [1.165, 1.54) is 19.2 Å². The van der Waals surface area contributed by atoms with Crippen molar-refractivity contribution in [1.82, 2.24) is 10.0 Å². The molecule has 1 aliphatic rings. The zero-order valence-corrected chi connectivity index (χ0v) is 14.6. The summed E-state index contributed by atoms with van der Waals surface area (Å²) < 4.78 is 38.3. The smallest absolute Gasteiger partial charge is 0.241 e. The van der Waals surface area contributed by atoms with Crippen LogP contribution in [0.4, 0.5) is 0 Å². The van der Waals surface area contributed by atoms with Crippen LogP contribution >= 0.6 is 11.8 Å². The minimum atomic E-state index is -3.83. The van der Waals surface area contributed by atoms with E-state index in [2.05, 4.69) is 10.0 Å². The number of amides is 1. The highest BCUT2D eigenvalue weighted by Gasteiger charge is 2.26. The Balaban J connectivity index is 2.20. The summed E-state index contributed by atoms with van der Waals surface area (Å²) in [4.78, 5) is 11.9. The van der Waals surface area contributed by atoms with Crippen molar-refractivity contribution in [2.24, 2.45) is 0 Å². The van der Waals surface area contributed by atoms with Crippen molar-refractivity contribution in [1.29, 1.82) is 0 Å². The fourth-order valence-electron chi connectivity index (χ4n) is 2.10. The lowest BCUT2D eigenvalue weighted by molar-refractivity contribution is -0.122. The molecule has 7 nitrogen and oxygen atoms in total.